The number of rotatable bonds is 5. The van der Waals surface area contributed by atoms with Crippen LogP contribution >= 0.6 is 22.9 Å². The summed E-state index contributed by atoms with van der Waals surface area (Å²) in [6.45, 7) is 4.09. The molecule has 1 saturated carbocycles. The van der Waals surface area contributed by atoms with Crippen molar-refractivity contribution in [3.8, 4) is 10.6 Å². The first-order valence-corrected chi connectivity index (χ1v) is 11.7. The molecule has 2 heterocycles. The van der Waals surface area contributed by atoms with Crippen molar-refractivity contribution in [2.75, 3.05) is 6.61 Å². The fourth-order valence-electron chi connectivity index (χ4n) is 4.17. The molecule has 0 saturated heterocycles. The number of aromatic nitrogens is 1. The Balaban J connectivity index is 1.50. The van der Waals surface area contributed by atoms with Gasteiger partial charge in [-0.2, -0.15) is 0 Å². The first-order chi connectivity index (χ1) is 14.9. The molecule has 1 N–H and O–H groups in total. The molecule has 4 rings (SSSR count). The molecule has 2 aromatic heterocycles. The van der Waals surface area contributed by atoms with Crippen LogP contribution in [0.4, 0.5) is 0 Å². The number of hydrogen-bond acceptors (Lipinski definition) is 5. The lowest BCUT2D eigenvalue weighted by Gasteiger charge is -2.34. The number of fused-ring (bicyclic) bond motifs is 1. The van der Waals surface area contributed by atoms with Gasteiger partial charge < -0.3 is 10.1 Å². The van der Waals surface area contributed by atoms with Gasteiger partial charge in [0.25, 0.3) is 5.91 Å². The zero-order chi connectivity index (χ0) is 22.0. The second-order valence-electron chi connectivity index (χ2n) is 8.19. The second-order valence-corrected chi connectivity index (χ2v) is 9.91. The van der Waals surface area contributed by atoms with E-state index in [0.29, 0.717) is 38.3 Å². The summed E-state index contributed by atoms with van der Waals surface area (Å²) in [5.74, 6) is 0.192. The van der Waals surface area contributed by atoms with Gasteiger partial charge in [-0.25, -0.2) is 9.78 Å². The topological polar surface area (TPSA) is 68.3 Å². The van der Waals surface area contributed by atoms with Crippen LogP contribution in [0.15, 0.2) is 42.5 Å². The molecule has 3 atom stereocenters. The Morgan fingerprint density at radius 2 is 2.00 bits per heavy atom. The minimum Gasteiger partial charge on any atom is -0.452 e. The highest BCUT2D eigenvalue weighted by molar-refractivity contribution is 7.19. The lowest BCUT2D eigenvalue weighted by atomic mass is 9.78. The summed E-state index contributed by atoms with van der Waals surface area (Å²) in [7, 11) is 0. The van der Waals surface area contributed by atoms with Gasteiger partial charge in [-0.15, -0.1) is 11.3 Å². The predicted octanol–water partition coefficient (Wildman–Crippen LogP) is 5.71. The van der Waals surface area contributed by atoms with Crippen LogP contribution in [0.3, 0.4) is 0 Å². The smallest absolute Gasteiger partial charge is 0.339 e. The number of hydrogen-bond donors (Lipinski definition) is 1. The van der Waals surface area contributed by atoms with Gasteiger partial charge in [-0.3, -0.25) is 4.79 Å². The third kappa shape index (κ3) is 4.91. The standard InChI is InChI=1S/C24H25ClN2O3S/c1-14-6-5-9-18(15(14)2)27-23(28)13-30-24(29)17-12-20(21-10-11-22(25)31-21)26-19-8-4-3-7-16(17)19/h3-4,7-8,10-12,14-15,18H,5-6,9,13H2,1-2H3,(H,27,28). The van der Waals surface area contributed by atoms with Crippen LogP contribution < -0.4 is 5.32 Å². The maximum Gasteiger partial charge on any atom is 0.339 e. The Bertz CT molecular complexity index is 1110. The van der Waals surface area contributed by atoms with Gasteiger partial charge in [-0.05, 0) is 42.5 Å². The zero-order valence-electron chi connectivity index (χ0n) is 17.6. The highest BCUT2D eigenvalue weighted by atomic mass is 35.5. The number of halogens is 1. The Morgan fingerprint density at radius 3 is 2.77 bits per heavy atom. The molecule has 0 aliphatic heterocycles. The van der Waals surface area contributed by atoms with Gasteiger partial charge in [0.05, 0.1) is 26.0 Å². The van der Waals surface area contributed by atoms with E-state index in [2.05, 4.69) is 24.1 Å². The molecular weight excluding hydrogens is 432 g/mol. The molecule has 0 bridgehead atoms. The summed E-state index contributed by atoms with van der Waals surface area (Å²) in [5.41, 5.74) is 1.72. The molecule has 7 heteroatoms. The molecule has 1 aromatic carbocycles. The fourth-order valence-corrected chi connectivity index (χ4v) is 5.17. The summed E-state index contributed by atoms with van der Waals surface area (Å²) >= 11 is 7.46. The van der Waals surface area contributed by atoms with Gasteiger partial charge in [0.2, 0.25) is 0 Å². The average molecular weight is 457 g/mol. The van der Waals surface area contributed by atoms with E-state index in [0.717, 1.165) is 17.7 Å². The number of nitrogens with zero attached hydrogens (tertiary/aromatic N) is 1. The molecule has 1 aliphatic rings. The zero-order valence-corrected chi connectivity index (χ0v) is 19.1. The Kier molecular flexibility index (Phi) is 6.58. The normalized spacial score (nSPS) is 21.1. The highest BCUT2D eigenvalue weighted by Gasteiger charge is 2.28. The molecule has 1 amide bonds. The minimum atomic E-state index is -0.539. The average Bonchev–Trinajstić information content (AvgIpc) is 3.21. The van der Waals surface area contributed by atoms with E-state index in [1.165, 1.54) is 17.8 Å². The monoisotopic (exact) mass is 456 g/mol. The first-order valence-electron chi connectivity index (χ1n) is 10.5. The number of carbonyl (C=O) groups is 2. The number of thiophene rings is 1. The van der Waals surface area contributed by atoms with E-state index in [-0.39, 0.29) is 18.6 Å². The Labute approximate surface area is 190 Å². The molecule has 5 nitrogen and oxygen atoms in total. The van der Waals surface area contributed by atoms with Gasteiger partial charge in [-0.1, -0.05) is 56.5 Å². The third-order valence-corrected chi connectivity index (χ3v) is 7.40. The molecule has 3 aromatic rings. The lowest BCUT2D eigenvalue weighted by Crippen LogP contribution is -2.45. The molecule has 162 valence electrons. The summed E-state index contributed by atoms with van der Waals surface area (Å²) in [6.07, 6.45) is 3.26. The van der Waals surface area contributed by atoms with E-state index in [1.54, 1.807) is 12.1 Å². The largest absolute Gasteiger partial charge is 0.452 e. The minimum absolute atomic E-state index is 0.131. The number of nitrogens with one attached hydrogen (secondary N) is 1. The molecule has 0 spiro atoms. The van der Waals surface area contributed by atoms with E-state index in [4.69, 9.17) is 16.3 Å². The summed E-state index contributed by atoms with van der Waals surface area (Å²) in [6, 6.07) is 12.9. The number of ether oxygens (including phenoxy) is 1. The van der Waals surface area contributed by atoms with Crippen LogP contribution in [-0.4, -0.2) is 29.5 Å². The van der Waals surface area contributed by atoms with Crippen molar-refractivity contribution in [3.05, 3.63) is 52.4 Å². The van der Waals surface area contributed by atoms with Crippen molar-refractivity contribution in [3.63, 3.8) is 0 Å². The maximum absolute atomic E-state index is 12.9. The predicted molar refractivity (Wildman–Crippen MR) is 124 cm³/mol. The number of para-hydroxylation sites is 1. The quantitative estimate of drug-likeness (QED) is 0.499. The van der Waals surface area contributed by atoms with Gasteiger partial charge in [0.15, 0.2) is 6.61 Å². The van der Waals surface area contributed by atoms with E-state index in [1.807, 2.05) is 30.3 Å². The van der Waals surface area contributed by atoms with Crippen LogP contribution in [0.1, 0.15) is 43.5 Å². The van der Waals surface area contributed by atoms with Crippen LogP contribution in [-0.2, 0) is 9.53 Å². The van der Waals surface area contributed by atoms with Crippen LogP contribution in [0, 0.1) is 11.8 Å². The van der Waals surface area contributed by atoms with Crippen molar-refractivity contribution in [1.82, 2.24) is 10.3 Å². The summed E-state index contributed by atoms with van der Waals surface area (Å²) in [4.78, 5) is 30.9. The highest BCUT2D eigenvalue weighted by Crippen LogP contribution is 2.32. The van der Waals surface area contributed by atoms with Gasteiger partial charge >= 0.3 is 5.97 Å². The van der Waals surface area contributed by atoms with Crippen molar-refractivity contribution in [2.24, 2.45) is 11.8 Å². The number of esters is 1. The molecule has 1 aliphatic carbocycles. The number of amides is 1. The van der Waals surface area contributed by atoms with Crippen molar-refractivity contribution >= 4 is 45.7 Å². The Morgan fingerprint density at radius 1 is 1.19 bits per heavy atom. The van der Waals surface area contributed by atoms with E-state index >= 15 is 0 Å². The molecule has 31 heavy (non-hydrogen) atoms. The van der Waals surface area contributed by atoms with Crippen molar-refractivity contribution in [2.45, 2.75) is 39.2 Å². The molecule has 1 fully saturated rings. The lowest BCUT2D eigenvalue weighted by molar-refractivity contribution is -0.125. The first kappa shape index (κ1) is 21.8. The molecule has 0 radical (unpaired) electrons. The third-order valence-electron chi connectivity index (χ3n) is 6.15. The van der Waals surface area contributed by atoms with Crippen LogP contribution in [0.25, 0.3) is 21.5 Å². The van der Waals surface area contributed by atoms with Crippen LogP contribution in [0.5, 0.6) is 0 Å². The fraction of sp³-hybridized carbons (Fsp3) is 0.375. The number of carbonyl (C=O) groups excluding carboxylic acids is 2. The van der Waals surface area contributed by atoms with Gasteiger partial charge in [0.1, 0.15) is 0 Å². The van der Waals surface area contributed by atoms with Crippen molar-refractivity contribution < 1.29 is 14.3 Å². The number of benzene rings is 1. The van der Waals surface area contributed by atoms with E-state index in [9.17, 15) is 9.59 Å². The Hall–Kier alpha value is -2.44. The van der Waals surface area contributed by atoms with Gasteiger partial charge in [0, 0.05) is 11.4 Å². The maximum atomic E-state index is 12.9. The SMILES string of the molecule is CC1CCCC(NC(=O)COC(=O)c2cc(-c3ccc(Cl)s3)nc3ccccc23)C1C. The number of pyridine rings is 1. The van der Waals surface area contributed by atoms with Crippen LogP contribution in [0.2, 0.25) is 4.34 Å². The second kappa shape index (κ2) is 9.37. The summed E-state index contributed by atoms with van der Waals surface area (Å²) < 4.78 is 6.05. The summed E-state index contributed by atoms with van der Waals surface area (Å²) in [5, 5.41) is 3.73. The molecule has 3 unspecified atom stereocenters. The van der Waals surface area contributed by atoms with E-state index < -0.39 is 5.97 Å². The molecular formula is C24H25ClN2O3S. The van der Waals surface area contributed by atoms with Crippen molar-refractivity contribution in [1.29, 1.82) is 0 Å².